The molecule has 2 aliphatic rings. The Kier molecular flexibility index (Phi) is 4.77. The quantitative estimate of drug-likeness (QED) is 0.591. The van der Waals surface area contributed by atoms with E-state index >= 15 is 0 Å². The van der Waals surface area contributed by atoms with E-state index in [-0.39, 0.29) is 11.3 Å². The number of benzene rings is 1. The number of aromatic amines is 1. The molecule has 0 radical (unpaired) electrons. The normalized spacial score (nSPS) is 17.8. The van der Waals surface area contributed by atoms with Gasteiger partial charge >= 0.3 is 0 Å². The zero-order valence-corrected chi connectivity index (χ0v) is 18.0. The van der Waals surface area contributed by atoms with Crippen molar-refractivity contribution in [3.05, 3.63) is 35.5 Å². The van der Waals surface area contributed by atoms with Crippen molar-refractivity contribution in [2.45, 2.75) is 26.2 Å². The van der Waals surface area contributed by atoms with Crippen LogP contribution in [0.2, 0.25) is 0 Å². The molecule has 1 saturated heterocycles. The predicted octanol–water partition coefficient (Wildman–Crippen LogP) is 1.97. The number of nitrogens with two attached hydrogens (primary N) is 1. The smallest absolute Gasteiger partial charge is 0.251 e. The largest absolute Gasteiger partial charge is 0.355 e. The van der Waals surface area contributed by atoms with Crippen LogP contribution >= 0.6 is 0 Å². The Morgan fingerprint density at radius 3 is 2.84 bits per heavy atom. The van der Waals surface area contributed by atoms with Crippen molar-refractivity contribution in [2.24, 2.45) is 11.1 Å². The lowest BCUT2D eigenvalue weighted by Gasteiger charge is -2.39. The minimum Gasteiger partial charge on any atom is -0.355 e. The summed E-state index contributed by atoms with van der Waals surface area (Å²) >= 11 is 0. The van der Waals surface area contributed by atoms with Crippen LogP contribution in [0.15, 0.2) is 24.4 Å². The van der Waals surface area contributed by atoms with Gasteiger partial charge in [0.25, 0.3) is 5.91 Å². The fourth-order valence-corrected chi connectivity index (χ4v) is 4.60. The molecule has 162 valence electrons. The Morgan fingerprint density at radius 1 is 1.29 bits per heavy atom. The zero-order chi connectivity index (χ0) is 21.6. The average Bonchev–Trinajstić information content (AvgIpc) is 3.42. The van der Waals surface area contributed by atoms with E-state index in [9.17, 15) is 4.79 Å². The molecule has 0 saturated carbocycles. The molecule has 0 unspecified atom stereocenters. The van der Waals surface area contributed by atoms with Gasteiger partial charge in [-0.2, -0.15) is 5.10 Å². The molecule has 9 heteroatoms. The van der Waals surface area contributed by atoms with E-state index in [1.807, 2.05) is 24.4 Å². The molecule has 0 bridgehead atoms. The number of carbonyl (C=O) groups excluding carboxylic acids is 1. The number of nitrogens with zero attached hydrogens (tertiary/aromatic N) is 5. The highest BCUT2D eigenvalue weighted by molar-refractivity contribution is 5.98. The van der Waals surface area contributed by atoms with E-state index in [2.05, 4.69) is 32.2 Å². The Morgan fingerprint density at radius 2 is 2.10 bits per heavy atom. The number of hydrogen-bond acceptors (Lipinski definition) is 7. The van der Waals surface area contributed by atoms with Crippen LogP contribution in [0, 0.1) is 5.41 Å². The monoisotopic (exact) mass is 420 g/mol. The molecule has 4 heterocycles. The SMILES string of the molecule is CNC(=O)c1cccc2c1CCN2c1n[nH]c2nc(N3CCC(C)(CN)CC3)cnc12. The number of hydrogen-bond donors (Lipinski definition) is 3. The van der Waals surface area contributed by atoms with E-state index < -0.39 is 0 Å². The van der Waals surface area contributed by atoms with E-state index in [1.54, 1.807) is 7.05 Å². The number of aromatic nitrogens is 4. The van der Waals surface area contributed by atoms with Crippen LogP contribution in [-0.2, 0) is 6.42 Å². The lowest BCUT2D eigenvalue weighted by Crippen LogP contribution is -2.42. The molecule has 1 amide bonds. The van der Waals surface area contributed by atoms with Crippen molar-refractivity contribution in [3.8, 4) is 0 Å². The molecule has 5 rings (SSSR count). The summed E-state index contributed by atoms with van der Waals surface area (Å²) in [4.78, 5) is 26.1. The molecule has 1 aromatic carbocycles. The van der Waals surface area contributed by atoms with Crippen LogP contribution < -0.4 is 20.9 Å². The van der Waals surface area contributed by atoms with Gasteiger partial charge in [-0.15, -0.1) is 0 Å². The second kappa shape index (κ2) is 7.49. The van der Waals surface area contributed by atoms with E-state index in [0.29, 0.717) is 17.8 Å². The maximum Gasteiger partial charge on any atom is 0.251 e. The third kappa shape index (κ3) is 3.29. The van der Waals surface area contributed by atoms with Crippen LogP contribution in [0.25, 0.3) is 11.2 Å². The molecule has 2 aromatic heterocycles. The summed E-state index contributed by atoms with van der Waals surface area (Å²) in [5, 5.41) is 10.3. The number of rotatable bonds is 4. The maximum atomic E-state index is 12.2. The third-order valence-corrected chi connectivity index (χ3v) is 6.78. The number of H-pyrrole nitrogens is 1. The maximum absolute atomic E-state index is 12.2. The highest BCUT2D eigenvalue weighted by atomic mass is 16.1. The molecular formula is C22H28N8O. The number of piperidine rings is 1. The van der Waals surface area contributed by atoms with Crippen molar-refractivity contribution in [3.63, 3.8) is 0 Å². The van der Waals surface area contributed by atoms with Crippen molar-refractivity contribution >= 4 is 34.4 Å². The van der Waals surface area contributed by atoms with E-state index in [1.165, 1.54) is 0 Å². The first-order valence-electron chi connectivity index (χ1n) is 10.8. The molecule has 9 nitrogen and oxygen atoms in total. The fraction of sp³-hybridized carbons (Fsp3) is 0.455. The predicted molar refractivity (Wildman–Crippen MR) is 121 cm³/mol. The van der Waals surface area contributed by atoms with Crippen molar-refractivity contribution in [2.75, 3.05) is 43.0 Å². The van der Waals surface area contributed by atoms with Crippen LogP contribution in [0.3, 0.4) is 0 Å². The number of nitrogens with one attached hydrogen (secondary N) is 2. The molecular weight excluding hydrogens is 392 g/mol. The lowest BCUT2D eigenvalue weighted by molar-refractivity contribution is 0.0962. The summed E-state index contributed by atoms with van der Waals surface area (Å²) in [6.07, 6.45) is 4.72. The Balaban J connectivity index is 1.43. The van der Waals surface area contributed by atoms with Crippen LogP contribution in [0.5, 0.6) is 0 Å². The minimum absolute atomic E-state index is 0.0673. The van der Waals surface area contributed by atoms with Crippen molar-refractivity contribution in [1.29, 1.82) is 0 Å². The first-order valence-corrected chi connectivity index (χ1v) is 10.8. The molecule has 3 aromatic rings. The van der Waals surface area contributed by atoms with Gasteiger partial charge < -0.3 is 20.9 Å². The van der Waals surface area contributed by atoms with Crippen molar-refractivity contribution < 1.29 is 4.79 Å². The standard InChI is InChI=1S/C22H28N8O/c1-22(13-23)7-10-29(11-8-22)17-12-25-18-19(26-17)27-28-20(18)30-9-6-14-15(21(31)24-2)4-3-5-16(14)30/h3-5,12H,6-11,13,23H2,1-2H3,(H,24,31)(H,26,27,28). The summed E-state index contributed by atoms with van der Waals surface area (Å²) in [5.41, 5.74) is 10.3. The van der Waals surface area contributed by atoms with E-state index in [0.717, 1.165) is 67.3 Å². The summed E-state index contributed by atoms with van der Waals surface area (Å²) in [5.74, 6) is 1.55. The third-order valence-electron chi connectivity index (χ3n) is 6.78. The summed E-state index contributed by atoms with van der Waals surface area (Å²) < 4.78 is 0. The van der Waals surface area contributed by atoms with Gasteiger partial charge in [0.1, 0.15) is 5.82 Å². The topological polar surface area (TPSA) is 116 Å². The molecule has 2 aliphatic heterocycles. The van der Waals surface area contributed by atoms with Gasteiger partial charge in [0.15, 0.2) is 17.0 Å². The highest BCUT2D eigenvalue weighted by Crippen LogP contribution is 2.38. The number of fused-ring (bicyclic) bond motifs is 2. The van der Waals surface area contributed by atoms with E-state index in [4.69, 9.17) is 15.7 Å². The number of amides is 1. The number of carbonyl (C=O) groups is 1. The Labute approximate surface area is 181 Å². The van der Waals surface area contributed by atoms with Crippen LogP contribution in [-0.4, -0.2) is 59.3 Å². The Bertz CT molecular complexity index is 1130. The molecule has 0 spiro atoms. The van der Waals surface area contributed by atoms with Gasteiger partial charge in [-0.3, -0.25) is 9.89 Å². The van der Waals surface area contributed by atoms with Crippen LogP contribution in [0.4, 0.5) is 17.3 Å². The average molecular weight is 421 g/mol. The van der Waals surface area contributed by atoms with Gasteiger partial charge in [-0.05, 0) is 48.9 Å². The van der Waals surface area contributed by atoms with Gasteiger partial charge in [-0.25, -0.2) is 9.97 Å². The lowest BCUT2D eigenvalue weighted by atomic mass is 9.80. The van der Waals surface area contributed by atoms with Crippen LogP contribution in [0.1, 0.15) is 35.7 Å². The second-order valence-electron chi connectivity index (χ2n) is 8.76. The van der Waals surface area contributed by atoms with Gasteiger partial charge in [0.2, 0.25) is 0 Å². The minimum atomic E-state index is -0.0673. The first kappa shape index (κ1) is 19.7. The summed E-state index contributed by atoms with van der Waals surface area (Å²) in [6, 6.07) is 5.80. The number of anilines is 3. The summed E-state index contributed by atoms with van der Waals surface area (Å²) in [6.45, 7) is 5.57. The van der Waals surface area contributed by atoms with Gasteiger partial charge in [-0.1, -0.05) is 13.0 Å². The second-order valence-corrected chi connectivity index (χ2v) is 8.76. The molecule has 0 aliphatic carbocycles. The first-order chi connectivity index (χ1) is 15.0. The molecule has 31 heavy (non-hydrogen) atoms. The van der Waals surface area contributed by atoms with Gasteiger partial charge in [0, 0.05) is 37.9 Å². The molecule has 0 atom stereocenters. The Hall–Kier alpha value is -3.20. The molecule has 4 N–H and O–H groups in total. The fourth-order valence-electron chi connectivity index (χ4n) is 4.60. The van der Waals surface area contributed by atoms with Gasteiger partial charge in [0.05, 0.1) is 6.20 Å². The van der Waals surface area contributed by atoms with Crippen molar-refractivity contribution in [1.82, 2.24) is 25.5 Å². The molecule has 1 fully saturated rings. The summed E-state index contributed by atoms with van der Waals surface area (Å²) in [7, 11) is 1.65. The highest BCUT2D eigenvalue weighted by Gasteiger charge is 2.31. The zero-order valence-electron chi connectivity index (χ0n) is 18.0.